The molecule has 0 radical (unpaired) electrons. The van der Waals surface area contributed by atoms with E-state index in [1.807, 2.05) is 13.0 Å². The second-order valence-corrected chi connectivity index (χ2v) is 9.66. The lowest BCUT2D eigenvalue weighted by molar-refractivity contribution is 0.0979. The molecule has 33 heavy (non-hydrogen) atoms. The zero-order chi connectivity index (χ0) is 23.8. The highest BCUT2D eigenvalue weighted by molar-refractivity contribution is 7.92. The van der Waals surface area contributed by atoms with E-state index in [1.54, 1.807) is 48.5 Å². The Hall–Kier alpha value is -3.42. The molecule has 0 amide bonds. The first-order valence-corrected chi connectivity index (χ1v) is 11.9. The van der Waals surface area contributed by atoms with E-state index >= 15 is 0 Å². The molecule has 0 saturated carbocycles. The second kappa shape index (κ2) is 8.84. The van der Waals surface area contributed by atoms with Crippen molar-refractivity contribution in [3.63, 3.8) is 0 Å². The van der Waals surface area contributed by atoms with Crippen molar-refractivity contribution in [2.75, 3.05) is 11.8 Å². The number of anilines is 1. The Morgan fingerprint density at radius 2 is 1.61 bits per heavy atom. The Labute approximate surface area is 196 Å². The smallest absolute Gasteiger partial charge is 0.265 e. The Morgan fingerprint density at radius 3 is 2.27 bits per heavy atom. The lowest BCUT2D eigenvalue weighted by Crippen LogP contribution is -2.21. The van der Waals surface area contributed by atoms with Crippen LogP contribution in [0.4, 0.5) is 5.69 Å². The van der Waals surface area contributed by atoms with Gasteiger partial charge < -0.3 is 4.74 Å². The topological polar surface area (TPSA) is 89.5 Å². The molecular weight excluding hydrogens is 462 g/mol. The van der Waals surface area contributed by atoms with Crippen molar-refractivity contribution >= 4 is 38.9 Å². The number of hydrogen-bond acceptors (Lipinski definition) is 5. The van der Waals surface area contributed by atoms with Crippen LogP contribution in [0.15, 0.2) is 82.2 Å². The molecule has 4 rings (SSSR count). The van der Waals surface area contributed by atoms with Gasteiger partial charge in [0.1, 0.15) is 10.6 Å². The first-order chi connectivity index (χ1) is 15.7. The van der Waals surface area contributed by atoms with Crippen LogP contribution in [0.1, 0.15) is 31.8 Å². The zero-order valence-electron chi connectivity index (χ0n) is 17.9. The number of methoxy groups -OCH3 is 1. The Balaban J connectivity index is 1.66. The maximum Gasteiger partial charge on any atom is 0.265 e. The van der Waals surface area contributed by atoms with Gasteiger partial charge in [-0.25, -0.2) is 8.42 Å². The maximum atomic E-state index is 13.0. The molecule has 0 fully saturated rings. The van der Waals surface area contributed by atoms with Gasteiger partial charge in [0.15, 0.2) is 5.78 Å². The molecule has 0 unspecified atom stereocenters. The predicted molar refractivity (Wildman–Crippen MR) is 127 cm³/mol. The Bertz CT molecular complexity index is 1430. The van der Waals surface area contributed by atoms with E-state index in [4.69, 9.17) is 16.3 Å². The number of Topliss-reactive ketones (excluding diaryl/α,β-unsaturated/α-hetero) is 2. The van der Waals surface area contributed by atoms with Crippen LogP contribution in [0.3, 0.4) is 0 Å². The number of halogens is 1. The molecule has 0 aliphatic heterocycles. The van der Waals surface area contributed by atoms with E-state index < -0.39 is 15.8 Å². The number of fused-ring (bicyclic) bond motifs is 1. The van der Waals surface area contributed by atoms with Crippen LogP contribution in [-0.4, -0.2) is 27.1 Å². The minimum Gasteiger partial charge on any atom is -0.495 e. The zero-order valence-corrected chi connectivity index (χ0v) is 19.5. The molecule has 0 aromatic heterocycles. The number of nitrogens with one attached hydrogen (secondary N) is 1. The molecule has 1 aliphatic carbocycles. The third-order valence-corrected chi connectivity index (χ3v) is 7.14. The lowest BCUT2D eigenvalue weighted by Gasteiger charge is -2.18. The molecule has 0 heterocycles. The highest BCUT2D eigenvalue weighted by atomic mass is 35.5. The van der Waals surface area contributed by atoms with Crippen molar-refractivity contribution in [2.45, 2.75) is 18.2 Å². The average molecular weight is 482 g/mol. The third-order valence-electron chi connectivity index (χ3n) is 5.32. The van der Waals surface area contributed by atoms with Crippen LogP contribution < -0.4 is 9.46 Å². The number of allylic oxidation sites excluding steroid dienone is 2. The van der Waals surface area contributed by atoms with E-state index in [0.717, 1.165) is 5.56 Å². The highest BCUT2D eigenvalue weighted by Crippen LogP contribution is 2.33. The van der Waals surface area contributed by atoms with Crippen LogP contribution in [0.2, 0.25) is 0 Å². The first kappa shape index (κ1) is 22.8. The summed E-state index contributed by atoms with van der Waals surface area (Å²) in [7, 11) is -2.56. The summed E-state index contributed by atoms with van der Waals surface area (Å²) in [5.41, 5.74) is 2.66. The molecule has 0 saturated heterocycles. The molecule has 1 N–H and O–H groups in total. The SMILES string of the molecule is COc1cc(CC2=C(Cl)C(=O)c3ccccc3C2=O)ccc1S(=O)(=O)Nc1cccc(C)c1. The number of ether oxygens (including phenoxy) is 1. The van der Waals surface area contributed by atoms with Gasteiger partial charge in [0, 0.05) is 28.8 Å². The summed E-state index contributed by atoms with van der Waals surface area (Å²) in [5.74, 6) is -0.623. The van der Waals surface area contributed by atoms with Gasteiger partial charge in [-0.2, -0.15) is 0 Å². The van der Waals surface area contributed by atoms with Gasteiger partial charge in [0.2, 0.25) is 5.78 Å². The molecule has 168 valence electrons. The lowest BCUT2D eigenvalue weighted by atomic mass is 9.86. The van der Waals surface area contributed by atoms with Crippen LogP contribution >= 0.6 is 11.6 Å². The number of carbonyl (C=O) groups excluding carboxylic acids is 2. The normalized spacial score (nSPS) is 13.7. The van der Waals surface area contributed by atoms with E-state index in [2.05, 4.69) is 4.72 Å². The van der Waals surface area contributed by atoms with Gasteiger partial charge in [-0.05, 0) is 42.3 Å². The molecular formula is C25H20ClNO5S. The van der Waals surface area contributed by atoms with Gasteiger partial charge in [-0.15, -0.1) is 0 Å². The molecule has 3 aromatic carbocycles. The monoisotopic (exact) mass is 481 g/mol. The maximum absolute atomic E-state index is 13.0. The van der Waals surface area contributed by atoms with E-state index in [-0.39, 0.29) is 39.0 Å². The predicted octanol–water partition coefficient (Wildman–Crippen LogP) is 4.92. The fraction of sp³-hybridized carbons (Fsp3) is 0.120. The van der Waals surface area contributed by atoms with E-state index in [9.17, 15) is 18.0 Å². The van der Waals surface area contributed by atoms with Gasteiger partial charge in [-0.3, -0.25) is 14.3 Å². The molecule has 6 nitrogen and oxygen atoms in total. The Kier molecular flexibility index (Phi) is 6.10. The summed E-state index contributed by atoms with van der Waals surface area (Å²) in [6.45, 7) is 1.86. The van der Waals surface area contributed by atoms with Crippen molar-refractivity contribution in [3.8, 4) is 5.75 Å². The van der Waals surface area contributed by atoms with Crippen LogP contribution in [-0.2, 0) is 16.4 Å². The summed E-state index contributed by atoms with van der Waals surface area (Å²) in [5, 5.41) is -0.129. The molecule has 3 aromatic rings. The standard InChI is InChI=1S/C25H20ClNO5S/c1-15-6-5-7-17(12-15)27-33(30,31)22-11-10-16(14-21(22)32-2)13-20-23(26)25(29)19-9-4-3-8-18(19)24(20)28/h3-12,14,27H,13H2,1-2H3. The molecule has 0 spiro atoms. The van der Waals surface area contributed by atoms with Crippen LogP contribution in [0.5, 0.6) is 5.75 Å². The van der Waals surface area contributed by atoms with E-state index in [1.165, 1.54) is 19.2 Å². The fourth-order valence-electron chi connectivity index (χ4n) is 3.72. The summed E-state index contributed by atoms with van der Waals surface area (Å²) in [6, 6.07) is 18.0. The third kappa shape index (κ3) is 4.42. The van der Waals surface area contributed by atoms with E-state index in [0.29, 0.717) is 16.8 Å². The molecule has 1 aliphatic rings. The summed E-state index contributed by atoms with van der Waals surface area (Å²) in [4.78, 5) is 25.5. The van der Waals surface area contributed by atoms with Gasteiger partial charge >= 0.3 is 0 Å². The minimum atomic E-state index is -3.93. The van der Waals surface area contributed by atoms with Gasteiger partial charge in [-0.1, -0.05) is 54.1 Å². The fourth-order valence-corrected chi connectivity index (χ4v) is 5.18. The molecule has 0 atom stereocenters. The minimum absolute atomic E-state index is 0.0493. The number of ketones is 2. The molecule has 0 bridgehead atoms. The van der Waals surface area contributed by atoms with Crippen LogP contribution in [0, 0.1) is 6.92 Å². The number of rotatable bonds is 6. The number of carbonyl (C=O) groups is 2. The van der Waals surface area contributed by atoms with Crippen LogP contribution in [0.25, 0.3) is 0 Å². The van der Waals surface area contributed by atoms with Crippen molar-refractivity contribution in [2.24, 2.45) is 0 Å². The second-order valence-electron chi connectivity index (χ2n) is 7.63. The van der Waals surface area contributed by atoms with Crippen molar-refractivity contribution < 1.29 is 22.7 Å². The Morgan fingerprint density at radius 1 is 0.909 bits per heavy atom. The largest absolute Gasteiger partial charge is 0.495 e. The number of aryl methyl sites for hydroxylation is 1. The summed E-state index contributed by atoms with van der Waals surface area (Å²) >= 11 is 6.26. The van der Waals surface area contributed by atoms with Crippen molar-refractivity contribution in [1.29, 1.82) is 0 Å². The van der Waals surface area contributed by atoms with Crippen molar-refractivity contribution in [3.05, 3.63) is 99.6 Å². The number of benzene rings is 3. The highest BCUT2D eigenvalue weighted by Gasteiger charge is 2.31. The quantitative estimate of drug-likeness (QED) is 0.539. The summed E-state index contributed by atoms with van der Waals surface area (Å²) < 4.78 is 33.8. The average Bonchev–Trinajstić information content (AvgIpc) is 2.80. The number of hydrogen-bond donors (Lipinski definition) is 1. The van der Waals surface area contributed by atoms with Crippen molar-refractivity contribution in [1.82, 2.24) is 0 Å². The van der Waals surface area contributed by atoms with Gasteiger partial charge in [0.05, 0.1) is 12.1 Å². The molecule has 8 heteroatoms. The van der Waals surface area contributed by atoms with Gasteiger partial charge in [0.25, 0.3) is 10.0 Å². The summed E-state index contributed by atoms with van der Waals surface area (Å²) in [6.07, 6.45) is 0.0553. The first-order valence-electron chi connectivity index (χ1n) is 10.0. The number of sulfonamides is 1.